The van der Waals surface area contributed by atoms with Crippen LogP contribution < -0.4 is 0 Å². The summed E-state index contributed by atoms with van der Waals surface area (Å²) in [5, 5.41) is 10.6. The molecule has 0 unspecified atom stereocenters. The van der Waals surface area contributed by atoms with Crippen LogP contribution >= 0.6 is 11.9 Å². The molecule has 0 radical (unpaired) electrons. The van der Waals surface area contributed by atoms with E-state index in [1.165, 1.54) is 0 Å². The molecule has 0 aliphatic rings. The van der Waals surface area contributed by atoms with Gasteiger partial charge in [0.2, 0.25) is 0 Å². The molecule has 5 nitrogen and oxygen atoms in total. The predicted molar refractivity (Wildman–Crippen MR) is 82.7 cm³/mol. The van der Waals surface area contributed by atoms with Crippen LogP contribution in [-0.2, 0) is 11.2 Å². The monoisotopic (exact) mass is 298 g/mol. The van der Waals surface area contributed by atoms with Crippen molar-refractivity contribution in [1.82, 2.24) is 4.31 Å². The van der Waals surface area contributed by atoms with E-state index in [-0.39, 0.29) is 16.8 Å². The van der Waals surface area contributed by atoms with Crippen LogP contribution in [0.1, 0.15) is 26.3 Å². The zero-order chi connectivity index (χ0) is 15.0. The number of aryl methyl sites for hydroxylation is 1. The number of ether oxygens (including phenoxy) is 1. The van der Waals surface area contributed by atoms with E-state index in [1.807, 2.05) is 26.0 Å². The minimum Gasteiger partial charge on any atom is -0.363 e. The van der Waals surface area contributed by atoms with Crippen molar-refractivity contribution in [3.05, 3.63) is 39.9 Å². The van der Waals surface area contributed by atoms with Gasteiger partial charge in [0.05, 0.1) is 4.92 Å². The van der Waals surface area contributed by atoms with Gasteiger partial charge < -0.3 is 4.74 Å². The molecular formula is C14H22N2O3S. The van der Waals surface area contributed by atoms with Gasteiger partial charge in [-0.15, -0.1) is 0 Å². The average Bonchev–Trinajstić information content (AvgIpc) is 2.44. The van der Waals surface area contributed by atoms with Crippen LogP contribution in [0.15, 0.2) is 24.3 Å². The standard InChI is InChI=1S/C14H22N2O3S/c1-4-15(12(3)19-5-2)20-11-10-13-6-8-14(9-7-13)16(17)18/h6-9,12H,4-5,10-11H2,1-3H3/t12-/m0/s1. The summed E-state index contributed by atoms with van der Waals surface area (Å²) in [4.78, 5) is 10.2. The Kier molecular flexibility index (Phi) is 7.58. The van der Waals surface area contributed by atoms with Crippen molar-refractivity contribution in [2.24, 2.45) is 0 Å². The second-order valence-corrected chi connectivity index (χ2v) is 5.43. The van der Waals surface area contributed by atoms with Gasteiger partial charge in [-0.1, -0.05) is 31.0 Å². The topological polar surface area (TPSA) is 55.6 Å². The Hall–Kier alpha value is -1.11. The molecular weight excluding hydrogens is 276 g/mol. The van der Waals surface area contributed by atoms with Crippen molar-refractivity contribution in [3.63, 3.8) is 0 Å². The first-order valence-electron chi connectivity index (χ1n) is 6.83. The molecule has 112 valence electrons. The van der Waals surface area contributed by atoms with Gasteiger partial charge in [0.25, 0.3) is 5.69 Å². The van der Waals surface area contributed by atoms with Crippen LogP contribution in [0.2, 0.25) is 0 Å². The average molecular weight is 298 g/mol. The number of nitro benzene ring substituents is 1. The van der Waals surface area contributed by atoms with Crippen molar-refractivity contribution >= 4 is 17.6 Å². The largest absolute Gasteiger partial charge is 0.363 e. The van der Waals surface area contributed by atoms with Crippen molar-refractivity contribution in [2.45, 2.75) is 33.4 Å². The molecule has 1 aromatic carbocycles. The lowest BCUT2D eigenvalue weighted by atomic mass is 10.1. The first-order chi connectivity index (χ1) is 9.58. The molecule has 0 aliphatic carbocycles. The van der Waals surface area contributed by atoms with Gasteiger partial charge in [0, 0.05) is 31.0 Å². The van der Waals surface area contributed by atoms with E-state index in [4.69, 9.17) is 4.74 Å². The minimum absolute atomic E-state index is 0.104. The lowest BCUT2D eigenvalue weighted by molar-refractivity contribution is -0.384. The molecule has 0 fully saturated rings. The van der Waals surface area contributed by atoms with Crippen molar-refractivity contribution in [3.8, 4) is 0 Å². The first-order valence-corrected chi connectivity index (χ1v) is 7.77. The molecule has 0 N–H and O–H groups in total. The predicted octanol–water partition coefficient (Wildman–Crippen LogP) is 3.49. The highest BCUT2D eigenvalue weighted by Crippen LogP contribution is 2.18. The fourth-order valence-corrected chi connectivity index (χ4v) is 2.86. The lowest BCUT2D eigenvalue weighted by Crippen LogP contribution is -2.29. The lowest BCUT2D eigenvalue weighted by Gasteiger charge is -2.26. The SMILES string of the molecule is CCO[C@@H](C)N(CC)SCCc1ccc([N+](=O)[O-])cc1. The highest BCUT2D eigenvalue weighted by Gasteiger charge is 2.12. The Morgan fingerprint density at radius 1 is 1.35 bits per heavy atom. The molecule has 6 heteroatoms. The maximum atomic E-state index is 10.6. The zero-order valence-electron chi connectivity index (χ0n) is 12.2. The molecule has 20 heavy (non-hydrogen) atoms. The molecule has 0 saturated carbocycles. The van der Waals surface area contributed by atoms with Crippen LogP contribution in [0.4, 0.5) is 5.69 Å². The summed E-state index contributed by atoms with van der Waals surface area (Å²) >= 11 is 1.75. The molecule has 0 amide bonds. The molecule has 0 heterocycles. The summed E-state index contributed by atoms with van der Waals surface area (Å²) in [5.74, 6) is 0.934. The Morgan fingerprint density at radius 3 is 2.50 bits per heavy atom. The van der Waals surface area contributed by atoms with Crippen LogP contribution in [-0.4, -0.2) is 34.4 Å². The van der Waals surface area contributed by atoms with Gasteiger partial charge in [0.1, 0.15) is 6.23 Å². The molecule has 0 spiro atoms. The molecule has 1 atom stereocenters. The zero-order valence-corrected chi connectivity index (χ0v) is 13.1. The number of nitrogens with zero attached hydrogens (tertiary/aromatic N) is 2. The summed E-state index contributed by atoms with van der Waals surface area (Å²) in [6.07, 6.45) is 0.990. The van der Waals surface area contributed by atoms with E-state index in [9.17, 15) is 10.1 Å². The second-order valence-electron chi connectivity index (χ2n) is 4.29. The Labute approximate surface area is 124 Å². The number of rotatable bonds is 9. The fourth-order valence-electron chi connectivity index (χ4n) is 1.84. The van der Waals surface area contributed by atoms with E-state index < -0.39 is 0 Å². The van der Waals surface area contributed by atoms with Crippen molar-refractivity contribution < 1.29 is 9.66 Å². The van der Waals surface area contributed by atoms with Crippen molar-refractivity contribution in [2.75, 3.05) is 18.9 Å². The summed E-state index contributed by atoms with van der Waals surface area (Å²) in [7, 11) is 0. The highest BCUT2D eigenvalue weighted by molar-refractivity contribution is 7.97. The van der Waals surface area contributed by atoms with Crippen LogP contribution in [0.3, 0.4) is 0 Å². The van der Waals surface area contributed by atoms with Gasteiger partial charge in [-0.25, -0.2) is 4.31 Å². The van der Waals surface area contributed by atoms with Crippen LogP contribution in [0.25, 0.3) is 0 Å². The molecule has 1 aromatic rings. The molecule has 0 aromatic heterocycles. The van der Waals surface area contributed by atoms with Gasteiger partial charge >= 0.3 is 0 Å². The number of nitro groups is 1. The summed E-state index contributed by atoms with van der Waals surface area (Å²) in [5.41, 5.74) is 1.25. The third-order valence-corrected chi connectivity index (χ3v) is 4.19. The molecule has 0 bridgehead atoms. The molecule has 1 rings (SSSR count). The van der Waals surface area contributed by atoms with E-state index in [2.05, 4.69) is 11.2 Å². The fraction of sp³-hybridized carbons (Fsp3) is 0.571. The third kappa shape index (κ3) is 5.48. The Morgan fingerprint density at radius 2 is 2.00 bits per heavy atom. The van der Waals surface area contributed by atoms with Gasteiger partial charge in [-0.3, -0.25) is 10.1 Å². The first kappa shape index (κ1) is 16.9. The number of hydrogen-bond donors (Lipinski definition) is 0. The highest BCUT2D eigenvalue weighted by atomic mass is 32.2. The maximum absolute atomic E-state index is 10.6. The van der Waals surface area contributed by atoms with Gasteiger partial charge in [-0.2, -0.15) is 0 Å². The van der Waals surface area contributed by atoms with E-state index >= 15 is 0 Å². The van der Waals surface area contributed by atoms with E-state index in [1.54, 1.807) is 24.1 Å². The number of hydrogen-bond acceptors (Lipinski definition) is 5. The minimum atomic E-state index is -0.374. The normalized spacial score (nSPS) is 12.6. The number of benzene rings is 1. The van der Waals surface area contributed by atoms with Crippen LogP contribution in [0.5, 0.6) is 0 Å². The second kappa shape index (κ2) is 8.94. The van der Waals surface area contributed by atoms with Crippen molar-refractivity contribution in [1.29, 1.82) is 0 Å². The smallest absolute Gasteiger partial charge is 0.269 e. The quantitative estimate of drug-likeness (QED) is 0.302. The van der Waals surface area contributed by atoms with E-state index in [0.717, 1.165) is 24.3 Å². The summed E-state index contributed by atoms with van der Waals surface area (Å²) < 4.78 is 7.77. The third-order valence-electron chi connectivity index (χ3n) is 2.92. The Balaban J connectivity index is 2.40. The summed E-state index contributed by atoms with van der Waals surface area (Å²) in [6.45, 7) is 7.78. The number of non-ortho nitro benzene ring substituents is 1. The summed E-state index contributed by atoms with van der Waals surface area (Å²) in [6, 6.07) is 6.75. The van der Waals surface area contributed by atoms with E-state index in [0.29, 0.717) is 6.61 Å². The van der Waals surface area contributed by atoms with Crippen LogP contribution in [0, 0.1) is 10.1 Å². The Bertz CT molecular complexity index is 411. The van der Waals surface area contributed by atoms with Gasteiger partial charge in [-0.05, 0) is 25.8 Å². The molecule has 0 saturated heterocycles. The molecule has 0 aliphatic heterocycles. The van der Waals surface area contributed by atoms with Gasteiger partial charge in [0.15, 0.2) is 0 Å². The maximum Gasteiger partial charge on any atom is 0.269 e.